The van der Waals surface area contributed by atoms with E-state index in [2.05, 4.69) is 10.6 Å². The summed E-state index contributed by atoms with van der Waals surface area (Å²) in [5, 5.41) is 6.25. The molecule has 0 heterocycles. The zero-order valence-electron chi connectivity index (χ0n) is 12.5. The van der Waals surface area contributed by atoms with Crippen molar-refractivity contribution in [2.45, 2.75) is 32.7 Å². The van der Waals surface area contributed by atoms with Crippen LogP contribution in [0.2, 0.25) is 0 Å². The standard InChI is InChI=1S/C15H25N3O2/c1-11-9-13(6-7-15(11)17-12(2)19)18-14(10-20-3)5-4-8-16/h6-7,9,14,18H,4-5,8,10,16H2,1-3H3,(H,17,19). The molecule has 1 amide bonds. The lowest BCUT2D eigenvalue weighted by Gasteiger charge is -2.20. The van der Waals surface area contributed by atoms with E-state index in [9.17, 15) is 4.79 Å². The molecule has 5 heteroatoms. The van der Waals surface area contributed by atoms with Crippen molar-refractivity contribution in [3.63, 3.8) is 0 Å². The van der Waals surface area contributed by atoms with E-state index in [0.717, 1.165) is 29.8 Å². The Morgan fingerprint density at radius 1 is 1.45 bits per heavy atom. The second-order valence-corrected chi connectivity index (χ2v) is 4.94. The van der Waals surface area contributed by atoms with Crippen LogP contribution in [0.1, 0.15) is 25.3 Å². The van der Waals surface area contributed by atoms with Crippen molar-refractivity contribution in [3.05, 3.63) is 23.8 Å². The first-order chi connectivity index (χ1) is 9.56. The lowest BCUT2D eigenvalue weighted by molar-refractivity contribution is -0.114. The number of carbonyl (C=O) groups excluding carboxylic acids is 1. The summed E-state index contributed by atoms with van der Waals surface area (Å²) in [6.07, 6.45) is 1.93. The first kappa shape index (κ1) is 16.5. The van der Waals surface area contributed by atoms with E-state index in [4.69, 9.17) is 10.5 Å². The molecule has 1 atom stereocenters. The van der Waals surface area contributed by atoms with Crippen molar-refractivity contribution < 1.29 is 9.53 Å². The number of nitrogens with two attached hydrogens (primary N) is 1. The Bertz CT molecular complexity index is 435. The van der Waals surface area contributed by atoms with Gasteiger partial charge in [-0.15, -0.1) is 0 Å². The molecule has 0 bridgehead atoms. The number of nitrogens with one attached hydrogen (secondary N) is 2. The fourth-order valence-corrected chi connectivity index (χ4v) is 2.08. The zero-order chi connectivity index (χ0) is 15.0. The van der Waals surface area contributed by atoms with Crippen molar-refractivity contribution in [2.75, 3.05) is 30.9 Å². The minimum absolute atomic E-state index is 0.0611. The number of hydrogen-bond acceptors (Lipinski definition) is 4. The smallest absolute Gasteiger partial charge is 0.221 e. The summed E-state index contributed by atoms with van der Waals surface area (Å²) in [7, 11) is 1.70. The molecule has 4 N–H and O–H groups in total. The van der Waals surface area contributed by atoms with Gasteiger partial charge >= 0.3 is 0 Å². The molecule has 0 aliphatic rings. The van der Waals surface area contributed by atoms with Crippen LogP contribution in [0, 0.1) is 6.92 Å². The average molecular weight is 279 g/mol. The maximum atomic E-state index is 11.1. The largest absolute Gasteiger partial charge is 0.383 e. The van der Waals surface area contributed by atoms with E-state index >= 15 is 0 Å². The molecule has 1 unspecified atom stereocenters. The number of amides is 1. The minimum atomic E-state index is -0.0611. The number of hydrogen-bond donors (Lipinski definition) is 3. The lowest BCUT2D eigenvalue weighted by Crippen LogP contribution is -2.25. The van der Waals surface area contributed by atoms with E-state index in [1.165, 1.54) is 6.92 Å². The van der Waals surface area contributed by atoms with Crippen LogP contribution < -0.4 is 16.4 Å². The number of anilines is 2. The van der Waals surface area contributed by atoms with E-state index in [1.54, 1.807) is 7.11 Å². The molecule has 0 fully saturated rings. The van der Waals surface area contributed by atoms with Crippen molar-refractivity contribution in [3.8, 4) is 0 Å². The van der Waals surface area contributed by atoms with Gasteiger partial charge in [0.2, 0.25) is 5.91 Å². The van der Waals surface area contributed by atoms with E-state index in [0.29, 0.717) is 13.2 Å². The van der Waals surface area contributed by atoms with Crippen LogP contribution in [0.4, 0.5) is 11.4 Å². The van der Waals surface area contributed by atoms with Crippen molar-refractivity contribution in [1.82, 2.24) is 0 Å². The Morgan fingerprint density at radius 3 is 2.75 bits per heavy atom. The summed E-state index contributed by atoms with van der Waals surface area (Å²) in [5.74, 6) is -0.0611. The van der Waals surface area contributed by atoms with Crippen LogP contribution in [0.3, 0.4) is 0 Å². The summed E-state index contributed by atoms with van der Waals surface area (Å²) in [5.41, 5.74) is 8.44. The summed E-state index contributed by atoms with van der Waals surface area (Å²) < 4.78 is 5.22. The highest BCUT2D eigenvalue weighted by Gasteiger charge is 2.09. The first-order valence-electron chi connectivity index (χ1n) is 6.90. The summed E-state index contributed by atoms with van der Waals surface area (Å²) >= 11 is 0. The highest BCUT2D eigenvalue weighted by atomic mass is 16.5. The van der Waals surface area contributed by atoms with Gasteiger partial charge in [0, 0.05) is 31.5 Å². The quantitative estimate of drug-likeness (QED) is 0.681. The lowest BCUT2D eigenvalue weighted by atomic mass is 10.1. The number of benzene rings is 1. The third-order valence-electron chi connectivity index (χ3n) is 3.03. The number of ether oxygens (including phenoxy) is 1. The molecule has 0 aliphatic heterocycles. The van der Waals surface area contributed by atoms with Gasteiger partial charge in [-0.2, -0.15) is 0 Å². The number of carbonyl (C=O) groups is 1. The van der Waals surface area contributed by atoms with Gasteiger partial charge in [0.25, 0.3) is 0 Å². The maximum absolute atomic E-state index is 11.1. The summed E-state index contributed by atoms with van der Waals surface area (Å²) in [6.45, 7) is 4.81. The molecule has 20 heavy (non-hydrogen) atoms. The van der Waals surface area contributed by atoms with Crippen LogP contribution >= 0.6 is 0 Å². The molecule has 0 spiro atoms. The van der Waals surface area contributed by atoms with Crippen LogP contribution in [-0.4, -0.2) is 32.2 Å². The Kier molecular flexibility index (Phi) is 7.04. The second kappa shape index (κ2) is 8.55. The molecule has 0 saturated carbocycles. The number of aryl methyl sites for hydroxylation is 1. The second-order valence-electron chi connectivity index (χ2n) is 4.94. The fraction of sp³-hybridized carbons (Fsp3) is 0.533. The normalized spacial score (nSPS) is 12.0. The Morgan fingerprint density at radius 2 is 2.20 bits per heavy atom. The summed E-state index contributed by atoms with van der Waals surface area (Å²) in [6, 6.07) is 6.14. The molecule has 1 rings (SSSR count). The molecule has 0 aromatic heterocycles. The molecule has 1 aromatic rings. The topological polar surface area (TPSA) is 76.4 Å². The van der Waals surface area contributed by atoms with Crippen molar-refractivity contribution >= 4 is 17.3 Å². The molecule has 0 aliphatic carbocycles. The maximum Gasteiger partial charge on any atom is 0.221 e. The molecule has 0 radical (unpaired) electrons. The Balaban J connectivity index is 2.70. The fourth-order valence-electron chi connectivity index (χ4n) is 2.08. The Labute approximate surface area is 120 Å². The average Bonchev–Trinajstić information content (AvgIpc) is 2.39. The van der Waals surface area contributed by atoms with Gasteiger partial charge in [-0.3, -0.25) is 4.79 Å². The molecule has 112 valence electrons. The minimum Gasteiger partial charge on any atom is -0.383 e. The van der Waals surface area contributed by atoms with Crippen molar-refractivity contribution in [1.29, 1.82) is 0 Å². The SMILES string of the molecule is COCC(CCCN)Nc1ccc(NC(C)=O)c(C)c1. The molecule has 0 saturated heterocycles. The van der Waals surface area contributed by atoms with Crippen LogP contribution in [-0.2, 0) is 9.53 Å². The Hall–Kier alpha value is -1.59. The van der Waals surface area contributed by atoms with E-state index in [-0.39, 0.29) is 11.9 Å². The van der Waals surface area contributed by atoms with Gasteiger partial charge in [0.1, 0.15) is 0 Å². The monoisotopic (exact) mass is 279 g/mol. The van der Waals surface area contributed by atoms with Gasteiger partial charge in [-0.05, 0) is 50.1 Å². The van der Waals surface area contributed by atoms with Crippen LogP contribution in [0.5, 0.6) is 0 Å². The van der Waals surface area contributed by atoms with Crippen LogP contribution in [0.25, 0.3) is 0 Å². The van der Waals surface area contributed by atoms with Gasteiger partial charge in [0.05, 0.1) is 6.61 Å². The highest BCUT2D eigenvalue weighted by Crippen LogP contribution is 2.21. The highest BCUT2D eigenvalue weighted by molar-refractivity contribution is 5.89. The third kappa shape index (κ3) is 5.59. The van der Waals surface area contributed by atoms with Gasteiger partial charge in [0.15, 0.2) is 0 Å². The van der Waals surface area contributed by atoms with E-state index in [1.807, 2.05) is 25.1 Å². The molecular formula is C15H25N3O2. The van der Waals surface area contributed by atoms with Crippen LogP contribution in [0.15, 0.2) is 18.2 Å². The first-order valence-corrected chi connectivity index (χ1v) is 6.90. The number of methoxy groups -OCH3 is 1. The van der Waals surface area contributed by atoms with Gasteiger partial charge in [-0.1, -0.05) is 0 Å². The van der Waals surface area contributed by atoms with Gasteiger partial charge in [-0.25, -0.2) is 0 Å². The van der Waals surface area contributed by atoms with Crippen molar-refractivity contribution in [2.24, 2.45) is 5.73 Å². The third-order valence-corrected chi connectivity index (χ3v) is 3.03. The molecular weight excluding hydrogens is 254 g/mol. The number of rotatable bonds is 8. The zero-order valence-corrected chi connectivity index (χ0v) is 12.5. The predicted octanol–water partition coefficient (Wildman–Crippen LogP) is 2.12. The predicted molar refractivity (Wildman–Crippen MR) is 83.1 cm³/mol. The summed E-state index contributed by atoms with van der Waals surface area (Å²) in [4.78, 5) is 11.1. The molecule has 5 nitrogen and oxygen atoms in total. The molecule has 1 aromatic carbocycles. The van der Waals surface area contributed by atoms with E-state index < -0.39 is 0 Å². The van der Waals surface area contributed by atoms with Gasteiger partial charge < -0.3 is 21.1 Å².